The minimum absolute atomic E-state index is 0.0326. The summed E-state index contributed by atoms with van der Waals surface area (Å²) in [5.41, 5.74) is 2.70. The van der Waals surface area contributed by atoms with E-state index in [1.54, 1.807) is 0 Å². The van der Waals surface area contributed by atoms with Crippen molar-refractivity contribution in [3.63, 3.8) is 0 Å². The average Bonchev–Trinajstić information content (AvgIpc) is 2.46. The third-order valence-electron chi connectivity index (χ3n) is 2.05. The molecule has 5 nitrogen and oxygen atoms in total. The highest BCUT2D eigenvalue weighted by Gasteiger charge is 2.10. The first-order valence-corrected chi connectivity index (χ1v) is 4.53. The van der Waals surface area contributed by atoms with E-state index in [0.29, 0.717) is 13.0 Å². The Balaban J connectivity index is 2.55. The number of rotatable bonds is 4. The third-order valence-corrected chi connectivity index (χ3v) is 2.05. The van der Waals surface area contributed by atoms with E-state index in [0.717, 1.165) is 17.0 Å². The molecule has 5 heteroatoms. The summed E-state index contributed by atoms with van der Waals surface area (Å²) in [6.45, 7) is 4.01. The van der Waals surface area contributed by atoms with Gasteiger partial charge in [0.05, 0.1) is 18.7 Å². The molecule has 1 amide bonds. The molecule has 1 heterocycles. The maximum absolute atomic E-state index is 11.3. The Labute approximate surface area is 82.5 Å². The first-order chi connectivity index (χ1) is 6.65. The van der Waals surface area contributed by atoms with Crippen molar-refractivity contribution in [3.05, 3.63) is 17.0 Å². The first kappa shape index (κ1) is 10.7. The van der Waals surface area contributed by atoms with Crippen LogP contribution in [-0.4, -0.2) is 34.4 Å². The molecule has 0 aromatic carbocycles. The van der Waals surface area contributed by atoms with Gasteiger partial charge in [0.25, 0.3) is 0 Å². The Bertz CT molecular complexity index is 300. The Morgan fingerprint density at radius 1 is 1.57 bits per heavy atom. The largest absolute Gasteiger partial charge is 0.395 e. The van der Waals surface area contributed by atoms with Crippen LogP contribution in [0.4, 0.5) is 0 Å². The zero-order valence-corrected chi connectivity index (χ0v) is 8.42. The summed E-state index contributed by atoms with van der Waals surface area (Å²) in [4.78, 5) is 11.3. The minimum atomic E-state index is -0.0911. The van der Waals surface area contributed by atoms with Gasteiger partial charge in [-0.2, -0.15) is 5.10 Å². The van der Waals surface area contributed by atoms with Crippen LogP contribution in [0.5, 0.6) is 0 Å². The minimum Gasteiger partial charge on any atom is -0.395 e. The van der Waals surface area contributed by atoms with Crippen LogP contribution in [0.25, 0.3) is 0 Å². The molecule has 78 valence electrons. The highest BCUT2D eigenvalue weighted by molar-refractivity contribution is 5.79. The number of aromatic amines is 1. The summed E-state index contributed by atoms with van der Waals surface area (Å²) in [5.74, 6) is -0.0911. The van der Waals surface area contributed by atoms with E-state index in [-0.39, 0.29) is 12.5 Å². The zero-order chi connectivity index (χ0) is 10.6. The SMILES string of the molecule is Cc1n[nH]c(C)c1CC(=O)NCCO. The molecule has 0 unspecified atom stereocenters. The van der Waals surface area contributed by atoms with Gasteiger partial charge in [-0.05, 0) is 13.8 Å². The van der Waals surface area contributed by atoms with E-state index < -0.39 is 0 Å². The predicted octanol–water partition coefficient (Wildman–Crippen LogP) is -0.322. The quantitative estimate of drug-likeness (QED) is 0.619. The predicted molar refractivity (Wildman–Crippen MR) is 51.9 cm³/mol. The molecule has 1 aromatic heterocycles. The number of aryl methyl sites for hydroxylation is 2. The van der Waals surface area contributed by atoms with E-state index in [1.807, 2.05) is 13.8 Å². The molecule has 0 aliphatic rings. The second-order valence-corrected chi connectivity index (χ2v) is 3.16. The number of aromatic nitrogens is 2. The Morgan fingerprint density at radius 2 is 2.29 bits per heavy atom. The maximum atomic E-state index is 11.3. The second-order valence-electron chi connectivity index (χ2n) is 3.16. The highest BCUT2D eigenvalue weighted by atomic mass is 16.3. The van der Waals surface area contributed by atoms with Crippen LogP contribution in [0.3, 0.4) is 0 Å². The summed E-state index contributed by atoms with van der Waals surface area (Å²) in [6.07, 6.45) is 0.314. The number of nitrogens with zero attached hydrogens (tertiary/aromatic N) is 1. The van der Waals surface area contributed by atoms with E-state index in [4.69, 9.17) is 5.11 Å². The lowest BCUT2D eigenvalue weighted by molar-refractivity contribution is -0.120. The normalized spacial score (nSPS) is 10.2. The van der Waals surface area contributed by atoms with Gasteiger partial charge in [0.15, 0.2) is 0 Å². The number of amides is 1. The van der Waals surface area contributed by atoms with Gasteiger partial charge in [-0.1, -0.05) is 0 Å². The Morgan fingerprint density at radius 3 is 2.79 bits per heavy atom. The van der Waals surface area contributed by atoms with Crippen molar-refractivity contribution in [3.8, 4) is 0 Å². The topological polar surface area (TPSA) is 78.0 Å². The number of H-pyrrole nitrogens is 1. The molecule has 0 fully saturated rings. The van der Waals surface area contributed by atoms with Crippen molar-refractivity contribution in [2.45, 2.75) is 20.3 Å². The summed E-state index contributed by atoms with van der Waals surface area (Å²) >= 11 is 0. The molecule has 3 N–H and O–H groups in total. The van der Waals surface area contributed by atoms with Crippen LogP contribution in [0.2, 0.25) is 0 Å². The number of aliphatic hydroxyl groups excluding tert-OH is 1. The molecule has 0 radical (unpaired) electrons. The number of hydrogen-bond acceptors (Lipinski definition) is 3. The molecular formula is C9H15N3O2. The van der Waals surface area contributed by atoms with Gasteiger partial charge in [-0.15, -0.1) is 0 Å². The van der Waals surface area contributed by atoms with Gasteiger partial charge in [0, 0.05) is 17.8 Å². The van der Waals surface area contributed by atoms with Gasteiger partial charge in [-0.25, -0.2) is 0 Å². The van der Waals surface area contributed by atoms with Crippen molar-refractivity contribution >= 4 is 5.91 Å². The molecule has 1 rings (SSSR count). The monoisotopic (exact) mass is 197 g/mol. The summed E-state index contributed by atoms with van der Waals surface area (Å²) in [6, 6.07) is 0. The van der Waals surface area contributed by atoms with Crippen LogP contribution in [0.1, 0.15) is 17.0 Å². The van der Waals surface area contributed by atoms with Crippen molar-refractivity contribution in [2.24, 2.45) is 0 Å². The number of carbonyl (C=O) groups excluding carboxylic acids is 1. The number of hydrogen-bond donors (Lipinski definition) is 3. The lowest BCUT2D eigenvalue weighted by Gasteiger charge is -2.02. The number of aliphatic hydroxyl groups is 1. The fourth-order valence-electron chi connectivity index (χ4n) is 1.25. The van der Waals surface area contributed by atoms with Gasteiger partial charge in [-0.3, -0.25) is 9.89 Å². The molecule has 14 heavy (non-hydrogen) atoms. The standard InChI is InChI=1S/C9H15N3O2/c1-6-8(7(2)12-11-6)5-9(14)10-3-4-13/h13H,3-5H2,1-2H3,(H,10,14)(H,11,12). The second kappa shape index (κ2) is 4.76. The van der Waals surface area contributed by atoms with Crippen LogP contribution in [0.15, 0.2) is 0 Å². The molecule has 0 atom stereocenters. The number of carbonyl (C=O) groups is 1. The first-order valence-electron chi connectivity index (χ1n) is 4.53. The van der Waals surface area contributed by atoms with Crippen molar-refractivity contribution in [1.29, 1.82) is 0 Å². The van der Waals surface area contributed by atoms with E-state index in [1.165, 1.54) is 0 Å². The van der Waals surface area contributed by atoms with Gasteiger partial charge in [0.2, 0.25) is 5.91 Å². The molecule has 0 bridgehead atoms. The van der Waals surface area contributed by atoms with Crippen molar-refractivity contribution in [1.82, 2.24) is 15.5 Å². The lowest BCUT2D eigenvalue weighted by atomic mass is 10.1. The zero-order valence-electron chi connectivity index (χ0n) is 8.42. The molecular weight excluding hydrogens is 182 g/mol. The van der Waals surface area contributed by atoms with E-state index >= 15 is 0 Å². The molecule has 0 aliphatic heterocycles. The fourth-order valence-corrected chi connectivity index (χ4v) is 1.25. The van der Waals surface area contributed by atoms with E-state index in [2.05, 4.69) is 15.5 Å². The van der Waals surface area contributed by atoms with Crippen molar-refractivity contribution < 1.29 is 9.90 Å². The summed E-state index contributed by atoms with van der Waals surface area (Å²) < 4.78 is 0. The van der Waals surface area contributed by atoms with Crippen LogP contribution < -0.4 is 5.32 Å². The molecule has 0 spiro atoms. The summed E-state index contributed by atoms with van der Waals surface area (Å²) in [7, 11) is 0. The smallest absolute Gasteiger partial charge is 0.224 e. The molecule has 1 aromatic rings. The van der Waals surface area contributed by atoms with E-state index in [9.17, 15) is 4.79 Å². The molecule has 0 saturated carbocycles. The fraction of sp³-hybridized carbons (Fsp3) is 0.556. The van der Waals surface area contributed by atoms with Gasteiger partial charge < -0.3 is 10.4 Å². The Kier molecular flexibility index (Phi) is 3.64. The van der Waals surface area contributed by atoms with Crippen molar-refractivity contribution in [2.75, 3.05) is 13.2 Å². The third kappa shape index (κ3) is 2.56. The molecule has 0 aliphatic carbocycles. The molecule has 0 saturated heterocycles. The highest BCUT2D eigenvalue weighted by Crippen LogP contribution is 2.09. The number of nitrogens with one attached hydrogen (secondary N) is 2. The average molecular weight is 197 g/mol. The lowest BCUT2D eigenvalue weighted by Crippen LogP contribution is -2.28. The maximum Gasteiger partial charge on any atom is 0.224 e. The van der Waals surface area contributed by atoms with Crippen LogP contribution in [0, 0.1) is 13.8 Å². The van der Waals surface area contributed by atoms with Crippen LogP contribution in [-0.2, 0) is 11.2 Å². The summed E-state index contributed by atoms with van der Waals surface area (Å²) in [5, 5.41) is 17.9. The van der Waals surface area contributed by atoms with Gasteiger partial charge >= 0.3 is 0 Å². The Hall–Kier alpha value is -1.36. The van der Waals surface area contributed by atoms with Gasteiger partial charge in [0.1, 0.15) is 0 Å². The van der Waals surface area contributed by atoms with Crippen LogP contribution >= 0.6 is 0 Å².